The smallest absolute Gasteiger partial charge is 0.253 e. The molecule has 3 saturated heterocycles. The second kappa shape index (κ2) is 9.18. The summed E-state index contributed by atoms with van der Waals surface area (Å²) in [7, 11) is 3.54. The zero-order valence-electron chi connectivity index (χ0n) is 21.5. The number of rotatable bonds is 6. The molecular formula is C28H36N6O2. The number of nitrogens with one attached hydrogen (secondary N) is 1. The number of anilines is 1. The van der Waals surface area contributed by atoms with Gasteiger partial charge in [0, 0.05) is 68.9 Å². The molecule has 36 heavy (non-hydrogen) atoms. The minimum atomic E-state index is 0.0104. The van der Waals surface area contributed by atoms with Crippen LogP contribution in [0.4, 0.5) is 5.69 Å². The molecule has 6 rings (SSSR count). The number of pyridine rings is 1. The van der Waals surface area contributed by atoms with Gasteiger partial charge in [0.15, 0.2) is 0 Å². The molecule has 1 atom stereocenters. The fourth-order valence-corrected chi connectivity index (χ4v) is 5.88. The van der Waals surface area contributed by atoms with Crippen LogP contribution >= 0.6 is 0 Å². The summed E-state index contributed by atoms with van der Waals surface area (Å²) in [5.74, 6) is 0.881. The molecule has 8 nitrogen and oxygen atoms in total. The molecule has 1 spiro atoms. The third-order valence-electron chi connectivity index (χ3n) is 8.19. The number of amides is 1. The number of carbonyl (C=O) groups is 1. The summed E-state index contributed by atoms with van der Waals surface area (Å²) in [4.78, 5) is 23.9. The van der Waals surface area contributed by atoms with E-state index < -0.39 is 0 Å². The lowest BCUT2D eigenvalue weighted by Crippen LogP contribution is -2.70. The van der Waals surface area contributed by atoms with E-state index in [4.69, 9.17) is 9.72 Å². The monoisotopic (exact) mass is 488 g/mol. The standard InChI is InChI=1S/C28H36N6O2/c1-20(33-16-28(17-33)18-36-19-28)32-11-9-23(10-12-32)30-24-5-7-26(29-15-24)34-13-8-21-14-22(4-6-25(21)34)27(35)31(2)3/h4-8,13-15,20,23,30H,9-12,16-19H2,1-3H3. The third-order valence-corrected chi connectivity index (χ3v) is 8.19. The molecule has 2 aromatic heterocycles. The fraction of sp³-hybridized carbons (Fsp3) is 0.500. The lowest BCUT2D eigenvalue weighted by Gasteiger charge is -2.58. The summed E-state index contributed by atoms with van der Waals surface area (Å²) >= 11 is 0. The van der Waals surface area contributed by atoms with E-state index >= 15 is 0 Å². The Morgan fingerprint density at radius 2 is 1.89 bits per heavy atom. The second-order valence-corrected chi connectivity index (χ2v) is 11.0. The van der Waals surface area contributed by atoms with Crippen molar-refractivity contribution < 1.29 is 9.53 Å². The molecular weight excluding hydrogens is 452 g/mol. The highest BCUT2D eigenvalue weighted by molar-refractivity contribution is 5.98. The van der Waals surface area contributed by atoms with E-state index in [9.17, 15) is 4.79 Å². The zero-order valence-corrected chi connectivity index (χ0v) is 21.5. The maximum Gasteiger partial charge on any atom is 0.253 e. The van der Waals surface area contributed by atoms with Crippen LogP contribution in [0.3, 0.4) is 0 Å². The van der Waals surface area contributed by atoms with Crippen LogP contribution in [0, 0.1) is 5.41 Å². The first-order valence-electron chi connectivity index (χ1n) is 13.0. The number of ether oxygens (including phenoxy) is 1. The number of benzene rings is 1. The van der Waals surface area contributed by atoms with Gasteiger partial charge in [-0.3, -0.25) is 14.6 Å². The number of fused-ring (bicyclic) bond motifs is 1. The Hall–Kier alpha value is -2.94. The molecule has 8 heteroatoms. The van der Waals surface area contributed by atoms with Gasteiger partial charge in [0.2, 0.25) is 0 Å². The van der Waals surface area contributed by atoms with Gasteiger partial charge in [-0.1, -0.05) is 0 Å². The summed E-state index contributed by atoms with van der Waals surface area (Å²) in [5.41, 5.74) is 3.28. The first-order chi connectivity index (χ1) is 17.4. The first kappa shape index (κ1) is 23.5. The first-order valence-corrected chi connectivity index (χ1v) is 13.0. The molecule has 3 aromatic rings. The Morgan fingerprint density at radius 1 is 1.11 bits per heavy atom. The third kappa shape index (κ3) is 4.27. The van der Waals surface area contributed by atoms with Gasteiger partial charge < -0.3 is 19.5 Å². The number of aromatic nitrogens is 2. The van der Waals surface area contributed by atoms with Crippen LogP contribution < -0.4 is 5.32 Å². The van der Waals surface area contributed by atoms with Crippen LogP contribution in [-0.4, -0.2) is 95.9 Å². The number of carbonyl (C=O) groups excluding carboxylic acids is 1. The summed E-state index contributed by atoms with van der Waals surface area (Å²) in [6.45, 7) is 8.89. The Balaban J connectivity index is 1.04. The lowest BCUT2D eigenvalue weighted by molar-refractivity contribution is -0.210. The summed E-state index contributed by atoms with van der Waals surface area (Å²) in [6.07, 6.45) is 6.75. The van der Waals surface area contributed by atoms with Crippen molar-refractivity contribution in [3.63, 3.8) is 0 Å². The normalized spacial score (nSPS) is 21.2. The van der Waals surface area contributed by atoms with Crippen molar-refractivity contribution in [2.75, 3.05) is 58.8 Å². The highest BCUT2D eigenvalue weighted by atomic mass is 16.5. The van der Waals surface area contributed by atoms with Gasteiger partial charge >= 0.3 is 0 Å². The van der Waals surface area contributed by atoms with Crippen molar-refractivity contribution >= 4 is 22.5 Å². The Kier molecular flexibility index (Phi) is 5.98. The Bertz CT molecular complexity index is 1230. The summed E-state index contributed by atoms with van der Waals surface area (Å²) < 4.78 is 7.49. The largest absolute Gasteiger partial charge is 0.381 e. The van der Waals surface area contributed by atoms with Crippen LogP contribution in [0.2, 0.25) is 0 Å². The van der Waals surface area contributed by atoms with Gasteiger partial charge in [-0.15, -0.1) is 0 Å². The zero-order chi connectivity index (χ0) is 24.9. The van der Waals surface area contributed by atoms with Crippen molar-refractivity contribution in [3.8, 4) is 5.82 Å². The summed E-state index contributed by atoms with van der Waals surface area (Å²) in [5, 5.41) is 4.73. The molecule has 3 aliphatic rings. The van der Waals surface area contributed by atoms with Crippen molar-refractivity contribution in [2.24, 2.45) is 5.41 Å². The predicted molar refractivity (Wildman–Crippen MR) is 142 cm³/mol. The topological polar surface area (TPSA) is 65.9 Å². The van der Waals surface area contributed by atoms with Crippen LogP contribution in [0.15, 0.2) is 48.8 Å². The summed E-state index contributed by atoms with van der Waals surface area (Å²) in [6, 6.07) is 12.5. The van der Waals surface area contributed by atoms with Gasteiger partial charge in [-0.2, -0.15) is 0 Å². The average molecular weight is 489 g/mol. The molecule has 3 fully saturated rings. The lowest BCUT2D eigenvalue weighted by atomic mass is 9.77. The highest BCUT2D eigenvalue weighted by Crippen LogP contribution is 2.39. The molecule has 190 valence electrons. The molecule has 0 saturated carbocycles. The number of nitrogens with zero attached hydrogens (tertiary/aromatic N) is 5. The number of piperidine rings is 1. The minimum Gasteiger partial charge on any atom is -0.381 e. The quantitative estimate of drug-likeness (QED) is 0.575. The SMILES string of the molecule is CC(N1CCC(Nc2ccc(-n3ccc4cc(C(=O)N(C)C)ccc43)nc2)CC1)N1CC2(COC2)C1. The van der Waals surface area contributed by atoms with E-state index in [0.29, 0.717) is 23.2 Å². The van der Waals surface area contributed by atoms with Crippen LogP contribution in [0.1, 0.15) is 30.1 Å². The van der Waals surface area contributed by atoms with Gasteiger partial charge in [-0.05, 0) is 56.2 Å². The van der Waals surface area contributed by atoms with Crippen molar-refractivity contribution in [2.45, 2.75) is 32.0 Å². The van der Waals surface area contributed by atoms with E-state index in [-0.39, 0.29) is 5.91 Å². The molecule has 0 aliphatic carbocycles. The molecule has 1 amide bonds. The van der Waals surface area contributed by atoms with E-state index in [1.807, 2.05) is 36.7 Å². The molecule has 1 unspecified atom stereocenters. The Morgan fingerprint density at radius 3 is 2.53 bits per heavy atom. The van der Waals surface area contributed by atoms with Gasteiger partial charge in [0.1, 0.15) is 5.82 Å². The number of likely N-dealkylation sites (tertiary alicyclic amines) is 2. The molecule has 0 bridgehead atoms. The van der Waals surface area contributed by atoms with E-state index in [2.05, 4.69) is 38.7 Å². The maximum atomic E-state index is 12.3. The van der Waals surface area contributed by atoms with E-state index in [0.717, 1.165) is 61.6 Å². The fourth-order valence-electron chi connectivity index (χ4n) is 5.88. The van der Waals surface area contributed by atoms with E-state index in [1.165, 1.54) is 13.1 Å². The minimum absolute atomic E-state index is 0.0104. The van der Waals surface area contributed by atoms with Crippen molar-refractivity contribution in [3.05, 3.63) is 54.4 Å². The maximum absolute atomic E-state index is 12.3. The highest BCUT2D eigenvalue weighted by Gasteiger charge is 2.50. The second-order valence-electron chi connectivity index (χ2n) is 11.0. The number of hydrogen-bond acceptors (Lipinski definition) is 6. The predicted octanol–water partition coefficient (Wildman–Crippen LogP) is 3.28. The van der Waals surface area contributed by atoms with Crippen LogP contribution in [-0.2, 0) is 4.74 Å². The van der Waals surface area contributed by atoms with Crippen LogP contribution in [0.25, 0.3) is 16.7 Å². The van der Waals surface area contributed by atoms with Crippen LogP contribution in [0.5, 0.6) is 0 Å². The Labute approximate surface area is 212 Å². The number of hydrogen-bond donors (Lipinski definition) is 1. The molecule has 1 aromatic carbocycles. The van der Waals surface area contributed by atoms with Crippen molar-refractivity contribution in [1.82, 2.24) is 24.3 Å². The molecule has 1 N–H and O–H groups in total. The molecule has 3 aliphatic heterocycles. The molecule has 5 heterocycles. The average Bonchev–Trinajstić information content (AvgIpc) is 3.26. The molecule has 0 radical (unpaired) electrons. The van der Waals surface area contributed by atoms with Gasteiger partial charge in [0.25, 0.3) is 5.91 Å². The van der Waals surface area contributed by atoms with E-state index in [1.54, 1.807) is 19.0 Å². The van der Waals surface area contributed by atoms with Crippen molar-refractivity contribution in [1.29, 1.82) is 0 Å². The van der Waals surface area contributed by atoms with Gasteiger partial charge in [0.05, 0.1) is 36.8 Å². The van der Waals surface area contributed by atoms with Gasteiger partial charge in [-0.25, -0.2) is 4.98 Å².